The van der Waals surface area contributed by atoms with Crippen molar-refractivity contribution in [2.24, 2.45) is 0 Å². The van der Waals surface area contributed by atoms with Crippen molar-refractivity contribution in [1.29, 1.82) is 0 Å². The number of rotatable bonds is 6. The van der Waals surface area contributed by atoms with Crippen LogP contribution in [0.3, 0.4) is 0 Å². The molecule has 0 spiro atoms. The summed E-state index contributed by atoms with van der Waals surface area (Å²) in [4.78, 5) is 25.2. The van der Waals surface area contributed by atoms with E-state index < -0.39 is 21.8 Å². The van der Waals surface area contributed by atoms with Crippen LogP contribution in [0.15, 0.2) is 102 Å². The van der Waals surface area contributed by atoms with E-state index in [1.54, 1.807) is 24.3 Å². The molecule has 0 aliphatic carbocycles. The molecule has 4 rings (SSSR count). The van der Waals surface area contributed by atoms with Crippen LogP contribution in [0.25, 0.3) is 16.8 Å². The molecule has 0 aromatic heterocycles. The molecule has 0 radical (unpaired) electrons. The summed E-state index contributed by atoms with van der Waals surface area (Å²) < 4.78 is 27.0. The second-order valence-electron chi connectivity index (χ2n) is 7.37. The molecular weight excluding hydrogens is 472 g/mol. The zero-order chi connectivity index (χ0) is 24.1. The maximum Gasteiger partial charge on any atom is 0.267 e. The molecule has 0 saturated carbocycles. The Morgan fingerprint density at radius 3 is 2.26 bits per heavy atom. The van der Waals surface area contributed by atoms with E-state index in [0.29, 0.717) is 0 Å². The average molecular weight is 491 g/mol. The number of carbonyl (C=O) groups excluding carboxylic acids is 2. The minimum absolute atomic E-state index is 0.0450. The third-order valence-corrected chi connectivity index (χ3v) is 6.55. The molecule has 170 valence electrons. The lowest BCUT2D eigenvalue weighted by Gasteiger charge is -2.11. The van der Waals surface area contributed by atoms with E-state index in [-0.39, 0.29) is 21.2 Å². The summed E-state index contributed by atoms with van der Waals surface area (Å²) in [6.07, 6.45) is 2.97. The number of fused-ring (bicyclic) bond motifs is 1. The quantitative estimate of drug-likeness (QED) is 0.360. The highest BCUT2D eigenvalue weighted by atomic mass is 35.5. The Balaban J connectivity index is 1.52. The third-order valence-electron chi connectivity index (χ3n) is 4.97. The van der Waals surface area contributed by atoms with Gasteiger partial charge < -0.3 is 5.32 Å². The van der Waals surface area contributed by atoms with Crippen LogP contribution in [0.1, 0.15) is 15.9 Å². The van der Waals surface area contributed by atoms with Gasteiger partial charge in [-0.25, -0.2) is 13.1 Å². The van der Waals surface area contributed by atoms with Crippen molar-refractivity contribution in [2.45, 2.75) is 4.90 Å². The number of hydrogen-bond donors (Lipinski definition) is 2. The predicted octanol–water partition coefficient (Wildman–Crippen LogP) is 5.26. The molecule has 0 fully saturated rings. The zero-order valence-corrected chi connectivity index (χ0v) is 19.3. The molecule has 4 aromatic rings. The molecule has 0 atom stereocenters. The lowest BCUT2D eigenvalue weighted by atomic mass is 10.1. The summed E-state index contributed by atoms with van der Waals surface area (Å²) in [5.74, 6) is -1.40. The van der Waals surface area contributed by atoms with Crippen LogP contribution < -0.4 is 10.0 Å². The summed E-state index contributed by atoms with van der Waals surface area (Å²) in [5.41, 5.74) is 0.865. The van der Waals surface area contributed by atoms with Crippen molar-refractivity contribution in [3.8, 4) is 0 Å². The van der Waals surface area contributed by atoms with Crippen LogP contribution in [0.5, 0.6) is 0 Å². The van der Waals surface area contributed by atoms with Gasteiger partial charge in [0.1, 0.15) is 0 Å². The Kier molecular flexibility index (Phi) is 6.77. The number of amides is 2. The normalized spacial score (nSPS) is 11.4. The second-order valence-corrected chi connectivity index (χ2v) is 9.49. The molecule has 0 unspecified atom stereocenters. The fourth-order valence-corrected chi connectivity index (χ4v) is 4.47. The molecule has 8 heteroatoms. The van der Waals surface area contributed by atoms with Crippen LogP contribution >= 0.6 is 11.6 Å². The summed E-state index contributed by atoms with van der Waals surface area (Å²) in [5, 5.41) is 5.00. The molecule has 6 nitrogen and oxygen atoms in total. The van der Waals surface area contributed by atoms with Crippen LogP contribution in [0.2, 0.25) is 5.02 Å². The van der Waals surface area contributed by atoms with Gasteiger partial charge in [-0.15, -0.1) is 0 Å². The number of sulfonamides is 1. The van der Waals surface area contributed by atoms with Crippen molar-refractivity contribution in [3.63, 3.8) is 0 Å². The molecule has 0 bridgehead atoms. The van der Waals surface area contributed by atoms with E-state index >= 15 is 0 Å². The topological polar surface area (TPSA) is 92.3 Å². The van der Waals surface area contributed by atoms with Crippen molar-refractivity contribution in [3.05, 3.63) is 113 Å². The monoisotopic (exact) mass is 490 g/mol. The van der Waals surface area contributed by atoms with Gasteiger partial charge in [0, 0.05) is 11.1 Å². The van der Waals surface area contributed by atoms with Crippen molar-refractivity contribution >= 4 is 56.0 Å². The van der Waals surface area contributed by atoms with Crippen LogP contribution in [0.4, 0.5) is 5.69 Å². The van der Waals surface area contributed by atoms with E-state index in [1.165, 1.54) is 36.4 Å². The van der Waals surface area contributed by atoms with Crippen LogP contribution in [-0.4, -0.2) is 20.2 Å². The molecule has 2 amide bonds. The SMILES string of the molecule is O=C(C=Cc1ccc2ccccc2c1)Nc1cc(Cl)ccc1C(=O)NS(=O)(=O)c1ccccc1. The maximum absolute atomic E-state index is 12.7. The van der Waals surface area contributed by atoms with E-state index in [4.69, 9.17) is 11.6 Å². The Bertz CT molecular complexity index is 1520. The van der Waals surface area contributed by atoms with Crippen LogP contribution in [-0.2, 0) is 14.8 Å². The maximum atomic E-state index is 12.7. The first kappa shape index (κ1) is 23.2. The molecular formula is C26H19ClN2O4S. The fourth-order valence-electron chi connectivity index (χ4n) is 3.31. The van der Waals surface area contributed by atoms with Gasteiger partial charge in [0.15, 0.2) is 0 Å². The van der Waals surface area contributed by atoms with E-state index in [9.17, 15) is 18.0 Å². The minimum atomic E-state index is -4.09. The number of anilines is 1. The van der Waals surface area contributed by atoms with Gasteiger partial charge >= 0.3 is 0 Å². The molecule has 0 aliphatic rings. The lowest BCUT2D eigenvalue weighted by molar-refractivity contribution is -0.111. The summed E-state index contributed by atoms with van der Waals surface area (Å²) in [7, 11) is -4.09. The number of halogens is 1. The molecule has 0 aliphatic heterocycles. The van der Waals surface area contributed by atoms with Gasteiger partial charge in [0.25, 0.3) is 15.9 Å². The van der Waals surface area contributed by atoms with Gasteiger partial charge in [-0.1, -0.05) is 66.2 Å². The molecule has 0 heterocycles. The summed E-state index contributed by atoms with van der Waals surface area (Å²) >= 11 is 6.04. The fraction of sp³-hybridized carbons (Fsp3) is 0. The standard InChI is InChI=1S/C26H19ClN2O4S/c27-21-13-14-23(26(31)29-34(32,33)22-8-2-1-3-9-22)24(17-21)28-25(30)15-11-18-10-12-19-6-4-5-7-20(19)16-18/h1-17H,(H,28,30)(H,29,31). The van der Waals surface area contributed by atoms with Gasteiger partial charge in [-0.2, -0.15) is 0 Å². The highest BCUT2D eigenvalue weighted by Crippen LogP contribution is 2.22. The van der Waals surface area contributed by atoms with Crippen molar-refractivity contribution in [2.75, 3.05) is 5.32 Å². The molecule has 4 aromatic carbocycles. The minimum Gasteiger partial charge on any atom is -0.322 e. The molecule has 2 N–H and O–H groups in total. The second kappa shape index (κ2) is 9.91. The van der Waals surface area contributed by atoms with Crippen LogP contribution in [0, 0.1) is 0 Å². The lowest BCUT2D eigenvalue weighted by Crippen LogP contribution is -2.31. The van der Waals surface area contributed by atoms with Crippen molar-refractivity contribution in [1.82, 2.24) is 4.72 Å². The number of carbonyl (C=O) groups is 2. The number of nitrogens with one attached hydrogen (secondary N) is 2. The summed E-state index contributed by atoms with van der Waals surface area (Å²) in [6, 6.07) is 25.3. The predicted molar refractivity (Wildman–Crippen MR) is 134 cm³/mol. The third kappa shape index (κ3) is 5.51. The Morgan fingerprint density at radius 2 is 1.50 bits per heavy atom. The Hall–Kier alpha value is -3.94. The highest BCUT2D eigenvalue weighted by molar-refractivity contribution is 7.90. The molecule has 0 saturated heterocycles. The Morgan fingerprint density at radius 1 is 0.794 bits per heavy atom. The summed E-state index contributed by atoms with van der Waals surface area (Å²) in [6.45, 7) is 0. The first-order valence-electron chi connectivity index (χ1n) is 10.2. The van der Waals surface area contributed by atoms with E-state index in [1.807, 2.05) is 47.2 Å². The highest BCUT2D eigenvalue weighted by Gasteiger charge is 2.21. The average Bonchev–Trinajstić information content (AvgIpc) is 2.83. The van der Waals surface area contributed by atoms with E-state index in [0.717, 1.165) is 16.3 Å². The van der Waals surface area contributed by atoms with Gasteiger partial charge in [0.2, 0.25) is 5.91 Å². The first-order valence-corrected chi connectivity index (χ1v) is 12.1. The first-order chi connectivity index (χ1) is 16.3. The number of hydrogen-bond acceptors (Lipinski definition) is 4. The van der Waals surface area contributed by atoms with E-state index in [2.05, 4.69) is 5.32 Å². The van der Waals surface area contributed by atoms with Gasteiger partial charge in [-0.05, 0) is 58.8 Å². The zero-order valence-electron chi connectivity index (χ0n) is 17.7. The number of benzene rings is 4. The Labute approximate surface area is 201 Å². The largest absolute Gasteiger partial charge is 0.322 e. The molecule has 34 heavy (non-hydrogen) atoms. The van der Waals surface area contributed by atoms with Gasteiger partial charge in [0.05, 0.1) is 16.1 Å². The smallest absolute Gasteiger partial charge is 0.267 e. The van der Waals surface area contributed by atoms with Crippen molar-refractivity contribution < 1.29 is 18.0 Å². The van der Waals surface area contributed by atoms with Gasteiger partial charge in [-0.3, -0.25) is 9.59 Å².